The molecule has 0 spiro atoms. The minimum atomic E-state index is -0.211. The average Bonchev–Trinajstić information content (AvgIpc) is 2.39. The fourth-order valence-electron chi connectivity index (χ4n) is 1.42. The molecule has 90 valence electrons. The van der Waals surface area contributed by atoms with Crippen LogP contribution >= 0.6 is 0 Å². The molecule has 1 heteroatoms. The Balaban J connectivity index is 2.46. The van der Waals surface area contributed by atoms with Crippen LogP contribution in [-0.2, 0) is 4.79 Å². The summed E-state index contributed by atoms with van der Waals surface area (Å²) in [6.45, 7) is 4.04. The second kappa shape index (κ2) is 6.85. The zero-order valence-electron chi connectivity index (χ0n) is 10.6. The van der Waals surface area contributed by atoms with E-state index in [0.717, 1.165) is 19.1 Å². The van der Waals surface area contributed by atoms with Gasteiger partial charge in [-0.15, -0.1) is 0 Å². The van der Waals surface area contributed by atoms with Gasteiger partial charge in [-0.2, -0.15) is 0 Å². The zero-order valence-corrected chi connectivity index (χ0v) is 10.6. The Labute approximate surface area is 104 Å². The summed E-state index contributed by atoms with van der Waals surface area (Å²) >= 11 is 0. The molecule has 0 fully saturated rings. The number of carbonyl (C=O) groups is 1. The monoisotopic (exact) mass is 228 g/mol. The van der Waals surface area contributed by atoms with Crippen molar-refractivity contribution in [2.24, 2.45) is 5.41 Å². The first-order valence-corrected chi connectivity index (χ1v) is 6.05. The quantitative estimate of drug-likeness (QED) is 0.525. The van der Waals surface area contributed by atoms with Gasteiger partial charge in [0.2, 0.25) is 0 Å². The number of carbonyl (C=O) groups excluding carboxylic acids is 1. The molecule has 1 nitrogen and oxygen atoms in total. The molecule has 0 saturated carbocycles. The summed E-state index contributed by atoms with van der Waals surface area (Å²) in [6.07, 6.45) is 10.9. The van der Waals surface area contributed by atoms with E-state index in [1.165, 1.54) is 5.56 Å². The normalized spacial score (nSPS) is 15.2. The smallest absolute Gasteiger partial charge is 0.126 e. The molecular formula is C16H20O. The van der Waals surface area contributed by atoms with Crippen LogP contribution in [0.4, 0.5) is 0 Å². The highest BCUT2D eigenvalue weighted by Gasteiger charge is 2.18. The zero-order chi connectivity index (χ0) is 12.6. The maximum Gasteiger partial charge on any atom is 0.126 e. The van der Waals surface area contributed by atoms with Crippen molar-refractivity contribution >= 4 is 12.4 Å². The van der Waals surface area contributed by atoms with E-state index >= 15 is 0 Å². The van der Waals surface area contributed by atoms with E-state index in [4.69, 9.17) is 0 Å². The molecule has 1 rings (SSSR count). The maximum absolute atomic E-state index is 10.9. The van der Waals surface area contributed by atoms with E-state index < -0.39 is 0 Å². The van der Waals surface area contributed by atoms with Crippen LogP contribution in [0, 0.1) is 5.41 Å². The molecule has 0 radical (unpaired) electrons. The molecule has 0 aliphatic carbocycles. The summed E-state index contributed by atoms with van der Waals surface area (Å²) in [4.78, 5) is 10.9. The van der Waals surface area contributed by atoms with Crippen LogP contribution in [0.5, 0.6) is 0 Å². The molecule has 1 aromatic rings. The van der Waals surface area contributed by atoms with E-state index in [2.05, 4.69) is 24.3 Å². The summed E-state index contributed by atoms with van der Waals surface area (Å²) < 4.78 is 0. The van der Waals surface area contributed by atoms with Crippen LogP contribution in [0.15, 0.2) is 48.6 Å². The topological polar surface area (TPSA) is 17.1 Å². The second-order valence-electron chi connectivity index (χ2n) is 4.53. The lowest BCUT2D eigenvalue weighted by atomic mass is 9.86. The van der Waals surface area contributed by atoms with Gasteiger partial charge < -0.3 is 4.79 Å². The Kier molecular flexibility index (Phi) is 5.41. The highest BCUT2D eigenvalue weighted by atomic mass is 16.1. The first-order valence-electron chi connectivity index (χ1n) is 6.05. The molecule has 1 atom stereocenters. The second-order valence-corrected chi connectivity index (χ2v) is 4.53. The molecule has 0 bridgehead atoms. The Morgan fingerprint density at radius 2 is 1.88 bits per heavy atom. The van der Waals surface area contributed by atoms with Crippen molar-refractivity contribution in [3.05, 3.63) is 54.1 Å². The Morgan fingerprint density at radius 1 is 1.18 bits per heavy atom. The number of benzene rings is 1. The van der Waals surface area contributed by atoms with Crippen LogP contribution < -0.4 is 0 Å². The van der Waals surface area contributed by atoms with Crippen molar-refractivity contribution in [1.82, 2.24) is 0 Å². The van der Waals surface area contributed by atoms with Crippen LogP contribution in [0.1, 0.15) is 32.3 Å². The minimum Gasteiger partial charge on any atom is -0.303 e. The van der Waals surface area contributed by atoms with Crippen molar-refractivity contribution in [1.29, 1.82) is 0 Å². The van der Waals surface area contributed by atoms with Gasteiger partial charge in [-0.25, -0.2) is 0 Å². The fraction of sp³-hybridized carbons (Fsp3) is 0.312. The van der Waals surface area contributed by atoms with Crippen molar-refractivity contribution in [3.63, 3.8) is 0 Å². The summed E-state index contributed by atoms with van der Waals surface area (Å²) in [6, 6.07) is 10.2. The number of hydrogen-bond donors (Lipinski definition) is 0. The Hall–Kier alpha value is -1.63. The standard InChI is InChI=1S/C16H20O/c1-3-16(2,14-17)13-9-5-8-12-15-10-6-4-7-11-15/h4-12,14H,3,13H2,1-2H3/b9-5?,12-8+/t16-/m1/s1. The maximum atomic E-state index is 10.9. The summed E-state index contributed by atoms with van der Waals surface area (Å²) in [5.74, 6) is 0. The third-order valence-corrected chi connectivity index (χ3v) is 3.01. The lowest BCUT2D eigenvalue weighted by Gasteiger charge is -2.17. The van der Waals surface area contributed by atoms with Gasteiger partial charge in [0.05, 0.1) is 0 Å². The summed E-state index contributed by atoms with van der Waals surface area (Å²) in [7, 11) is 0. The van der Waals surface area contributed by atoms with Gasteiger partial charge >= 0.3 is 0 Å². The molecular weight excluding hydrogens is 208 g/mol. The summed E-state index contributed by atoms with van der Waals surface area (Å²) in [5.41, 5.74) is 0.975. The minimum absolute atomic E-state index is 0.211. The first-order chi connectivity index (χ1) is 8.20. The molecule has 0 unspecified atom stereocenters. The van der Waals surface area contributed by atoms with Crippen molar-refractivity contribution < 1.29 is 4.79 Å². The van der Waals surface area contributed by atoms with Gasteiger partial charge in [0.1, 0.15) is 6.29 Å². The predicted octanol–water partition coefficient (Wildman–Crippen LogP) is 4.26. The van der Waals surface area contributed by atoms with E-state index in [0.29, 0.717) is 0 Å². The highest BCUT2D eigenvalue weighted by Crippen LogP contribution is 2.22. The molecule has 17 heavy (non-hydrogen) atoms. The number of rotatable bonds is 6. The van der Waals surface area contributed by atoms with Crippen LogP contribution in [0.25, 0.3) is 6.08 Å². The Morgan fingerprint density at radius 3 is 2.47 bits per heavy atom. The fourth-order valence-corrected chi connectivity index (χ4v) is 1.42. The lowest BCUT2D eigenvalue weighted by molar-refractivity contribution is -0.115. The molecule has 0 aromatic heterocycles. The third kappa shape index (κ3) is 4.81. The number of allylic oxidation sites excluding steroid dienone is 3. The summed E-state index contributed by atoms with van der Waals surface area (Å²) in [5, 5.41) is 0. The predicted molar refractivity (Wildman–Crippen MR) is 73.7 cm³/mol. The number of aldehydes is 1. The van der Waals surface area contributed by atoms with E-state index in [9.17, 15) is 4.79 Å². The van der Waals surface area contributed by atoms with Crippen molar-refractivity contribution in [3.8, 4) is 0 Å². The molecule has 0 heterocycles. The van der Waals surface area contributed by atoms with Gasteiger partial charge in [-0.3, -0.25) is 0 Å². The average molecular weight is 228 g/mol. The molecule has 0 saturated heterocycles. The molecule has 0 aliphatic heterocycles. The van der Waals surface area contributed by atoms with E-state index in [1.807, 2.05) is 44.2 Å². The first kappa shape index (κ1) is 13.4. The van der Waals surface area contributed by atoms with Crippen LogP contribution in [0.2, 0.25) is 0 Å². The largest absolute Gasteiger partial charge is 0.303 e. The van der Waals surface area contributed by atoms with Gasteiger partial charge in [0, 0.05) is 5.41 Å². The third-order valence-electron chi connectivity index (χ3n) is 3.01. The number of hydrogen-bond acceptors (Lipinski definition) is 1. The van der Waals surface area contributed by atoms with Crippen LogP contribution in [0.3, 0.4) is 0 Å². The Bertz CT molecular complexity index is 389. The molecule has 0 N–H and O–H groups in total. The SMILES string of the molecule is CC[C@@](C)(C=O)CC=C/C=C/c1ccccc1. The highest BCUT2D eigenvalue weighted by molar-refractivity contribution is 5.59. The molecule has 0 amide bonds. The van der Waals surface area contributed by atoms with Crippen molar-refractivity contribution in [2.75, 3.05) is 0 Å². The molecule has 1 aromatic carbocycles. The van der Waals surface area contributed by atoms with Gasteiger partial charge in [0.25, 0.3) is 0 Å². The van der Waals surface area contributed by atoms with Crippen LogP contribution in [-0.4, -0.2) is 6.29 Å². The van der Waals surface area contributed by atoms with E-state index in [1.54, 1.807) is 0 Å². The van der Waals surface area contributed by atoms with Crippen molar-refractivity contribution in [2.45, 2.75) is 26.7 Å². The lowest BCUT2D eigenvalue weighted by Crippen LogP contribution is -2.15. The van der Waals surface area contributed by atoms with E-state index in [-0.39, 0.29) is 5.41 Å². The van der Waals surface area contributed by atoms with Gasteiger partial charge in [-0.1, -0.05) is 68.5 Å². The van der Waals surface area contributed by atoms with Gasteiger partial charge in [-0.05, 0) is 18.4 Å². The van der Waals surface area contributed by atoms with Gasteiger partial charge in [0.15, 0.2) is 0 Å². The molecule has 0 aliphatic rings.